The topological polar surface area (TPSA) is 119 Å². The van der Waals surface area contributed by atoms with Crippen LogP contribution < -0.4 is 11.1 Å². The molecule has 0 aliphatic carbocycles. The molecule has 0 radical (unpaired) electrons. The lowest BCUT2D eigenvalue weighted by molar-refractivity contribution is -0.137. The van der Waals surface area contributed by atoms with Gasteiger partial charge in [-0.05, 0) is 24.3 Å². The fraction of sp³-hybridized carbons (Fsp3) is 0.273. The lowest BCUT2D eigenvalue weighted by Crippen LogP contribution is -2.20. The van der Waals surface area contributed by atoms with E-state index in [0.29, 0.717) is 11.3 Å². The van der Waals surface area contributed by atoms with E-state index in [4.69, 9.17) is 16.2 Å². The SMILES string of the molecule is N=C(N)c1ccc(NC(O)CCC(=O)O)cc1. The molecule has 0 fully saturated rings. The molecule has 1 atom stereocenters. The second-order valence-electron chi connectivity index (χ2n) is 3.58. The molecule has 0 aromatic heterocycles. The number of amidine groups is 1. The molecule has 17 heavy (non-hydrogen) atoms. The average molecular weight is 237 g/mol. The molecular formula is C11H15N3O3. The van der Waals surface area contributed by atoms with Crippen molar-refractivity contribution in [2.24, 2.45) is 5.73 Å². The third-order valence-corrected chi connectivity index (χ3v) is 2.16. The molecule has 0 aliphatic rings. The second kappa shape index (κ2) is 5.86. The molecule has 0 aliphatic heterocycles. The summed E-state index contributed by atoms with van der Waals surface area (Å²) in [5.41, 5.74) is 6.53. The molecule has 1 unspecified atom stereocenters. The van der Waals surface area contributed by atoms with Crippen molar-refractivity contribution in [1.29, 1.82) is 5.41 Å². The molecule has 0 amide bonds. The first-order valence-corrected chi connectivity index (χ1v) is 5.10. The summed E-state index contributed by atoms with van der Waals surface area (Å²) >= 11 is 0. The van der Waals surface area contributed by atoms with Crippen LogP contribution in [0.4, 0.5) is 5.69 Å². The molecule has 6 nitrogen and oxygen atoms in total. The van der Waals surface area contributed by atoms with E-state index in [9.17, 15) is 9.90 Å². The van der Waals surface area contributed by atoms with Crippen molar-refractivity contribution in [3.63, 3.8) is 0 Å². The number of nitrogens with two attached hydrogens (primary N) is 1. The highest BCUT2D eigenvalue weighted by atomic mass is 16.4. The molecule has 0 saturated carbocycles. The van der Waals surface area contributed by atoms with Gasteiger partial charge in [0.05, 0.1) is 0 Å². The molecule has 1 rings (SSSR count). The van der Waals surface area contributed by atoms with E-state index in [1.807, 2.05) is 0 Å². The average Bonchev–Trinajstić information content (AvgIpc) is 2.27. The lowest BCUT2D eigenvalue weighted by Gasteiger charge is -2.13. The second-order valence-corrected chi connectivity index (χ2v) is 3.58. The summed E-state index contributed by atoms with van der Waals surface area (Å²) in [7, 11) is 0. The summed E-state index contributed by atoms with van der Waals surface area (Å²) in [6.07, 6.45) is -0.877. The summed E-state index contributed by atoms with van der Waals surface area (Å²) in [6.45, 7) is 0. The van der Waals surface area contributed by atoms with Crippen LogP contribution in [0.25, 0.3) is 0 Å². The van der Waals surface area contributed by atoms with Gasteiger partial charge in [0.15, 0.2) is 0 Å². The van der Waals surface area contributed by atoms with Crippen LogP contribution in [0.15, 0.2) is 24.3 Å². The van der Waals surface area contributed by atoms with Crippen LogP contribution in [-0.4, -0.2) is 28.2 Å². The standard InChI is InChI=1S/C11H15N3O3/c12-11(13)7-1-3-8(4-2-7)14-9(15)5-6-10(16)17/h1-4,9,14-15H,5-6H2,(H3,12,13)(H,16,17). The maximum atomic E-state index is 10.3. The zero-order chi connectivity index (χ0) is 12.8. The van der Waals surface area contributed by atoms with E-state index in [1.165, 1.54) is 0 Å². The van der Waals surface area contributed by atoms with Gasteiger partial charge in [-0.25, -0.2) is 0 Å². The van der Waals surface area contributed by atoms with Crippen LogP contribution in [-0.2, 0) is 4.79 Å². The normalized spacial score (nSPS) is 11.8. The Bertz CT molecular complexity index is 403. The van der Waals surface area contributed by atoms with Crippen molar-refractivity contribution in [3.05, 3.63) is 29.8 Å². The minimum atomic E-state index is -0.947. The number of hydrogen-bond donors (Lipinski definition) is 5. The van der Waals surface area contributed by atoms with E-state index < -0.39 is 12.2 Å². The van der Waals surface area contributed by atoms with E-state index in [1.54, 1.807) is 24.3 Å². The fourth-order valence-corrected chi connectivity index (χ4v) is 1.27. The number of aliphatic hydroxyl groups excluding tert-OH is 1. The number of carbonyl (C=O) groups is 1. The third-order valence-electron chi connectivity index (χ3n) is 2.16. The largest absolute Gasteiger partial charge is 0.481 e. The van der Waals surface area contributed by atoms with Gasteiger partial charge in [0, 0.05) is 24.1 Å². The van der Waals surface area contributed by atoms with E-state index in [2.05, 4.69) is 5.32 Å². The van der Waals surface area contributed by atoms with Crippen molar-refractivity contribution in [1.82, 2.24) is 0 Å². The Labute approximate surface area is 98.6 Å². The number of nitrogen functional groups attached to an aromatic ring is 1. The van der Waals surface area contributed by atoms with Crippen molar-refractivity contribution < 1.29 is 15.0 Å². The Kier molecular flexibility index (Phi) is 4.47. The van der Waals surface area contributed by atoms with Crippen LogP contribution in [0.5, 0.6) is 0 Å². The van der Waals surface area contributed by atoms with Crippen molar-refractivity contribution >= 4 is 17.5 Å². The Balaban J connectivity index is 2.51. The number of anilines is 1. The summed E-state index contributed by atoms with van der Waals surface area (Å²) in [4.78, 5) is 10.3. The van der Waals surface area contributed by atoms with Crippen LogP contribution in [0.1, 0.15) is 18.4 Å². The van der Waals surface area contributed by atoms with Gasteiger partial charge in [0.2, 0.25) is 0 Å². The van der Waals surface area contributed by atoms with Crippen LogP contribution in [0.3, 0.4) is 0 Å². The summed E-state index contributed by atoms with van der Waals surface area (Å²) in [5, 5.41) is 27.9. The minimum Gasteiger partial charge on any atom is -0.481 e. The molecule has 0 bridgehead atoms. The molecule has 0 saturated heterocycles. The number of carboxylic acid groups (broad SMARTS) is 1. The first-order chi connectivity index (χ1) is 7.99. The third kappa shape index (κ3) is 4.52. The Morgan fingerprint density at radius 3 is 2.47 bits per heavy atom. The van der Waals surface area contributed by atoms with Crippen LogP contribution >= 0.6 is 0 Å². The van der Waals surface area contributed by atoms with Crippen LogP contribution in [0.2, 0.25) is 0 Å². The van der Waals surface area contributed by atoms with Crippen molar-refractivity contribution in [2.45, 2.75) is 19.1 Å². The molecular weight excluding hydrogens is 222 g/mol. The Hall–Kier alpha value is -2.08. The Morgan fingerprint density at radius 1 is 1.41 bits per heavy atom. The molecule has 92 valence electrons. The Morgan fingerprint density at radius 2 is 2.00 bits per heavy atom. The van der Waals surface area contributed by atoms with Gasteiger partial charge in [0.25, 0.3) is 0 Å². The number of hydrogen-bond acceptors (Lipinski definition) is 4. The molecule has 6 heteroatoms. The highest BCUT2D eigenvalue weighted by Gasteiger charge is 2.06. The predicted octanol–water partition coefficient (Wildman–Crippen LogP) is 0.566. The van der Waals surface area contributed by atoms with E-state index in [0.717, 1.165) is 0 Å². The lowest BCUT2D eigenvalue weighted by atomic mass is 10.2. The fourth-order valence-electron chi connectivity index (χ4n) is 1.27. The highest BCUT2D eigenvalue weighted by molar-refractivity contribution is 5.95. The summed E-state index contributed by atoms with van der Waals surface area (Å²) in [5.74, 6) is -0.972. The van der Waals surface area contributed by atoms with Gasteiger partial charge in [-0.1, -0.05) is 0 Å². The van der Waals surface area contributed by atoms with Gasteiger partial charge in [-0.2, -0.15) is 0 Å². The quantitative estimate of drug-likeness (QED) is 0.281. The number of aliphatic carboxylic acids is 1. The number of benzene rings is 1. The maximum absolute atomic E-state index is 10.3. The molecule has 6 N–H and O–H groups in total. The highest BCUT2D eigenvalue weighted by Crippen LogP contribution is 2.11. The molecule has 1 aromatic carbocycles. The van der Waals surface area contributed by atoms with Gasteiger partial charge in [-0.15, -0.1) is 0 Å². The van der Waals surface area contributed by atoms with Gasteiger partial charge in [0.1, 0.15) is 12.1 Å². The number of aliphatic hydroxyl groups is 1. The predicted molar refractivity (Wildman–Crippen MR) is 64.0 cm³/mol. The van der Waals surface area contributed by atoms with E-state index in [-0.39, 0.29) is 18.7 Å². The minimum absolute atomic E-state index is 0.0250. The van der Waals surface area contributed by atoms with Gasteiger partial charge in [-0.3, -0.25) is 10.2 Å². The molecule has 0 heterocycles. The van der Waals surface area contributed by atoms with Crippen LogP contribution in [0, 0.1) is 5.41 Å². The van der Waals surface area contributed by atoms with Crippen molar-refractivity contribution in [3.8, 4) is 0 Å². The zero-order valence-electron chi connectivity index (χ0n) is 9.18. The number of rotatable bonds is 6. The smallest absolute Gasteiger partial charge is 0.303 e. The van der Waals surface area contributed by atoms with Gasteiger partial charge >= 0.3 is 5.97 Å². The summed E-state index contributed by atoms with van der Waals surface area (Å²) < 4.78 is 0. The maximum Gasteiger partial charge on any atom is 0.303 e. The molecule has 0 spiro atoms. The van der Waals surface area contributed by atoms with Crippen molar-refractivity contribution in [2.75, 3.05) is 5.32 Å². The first kappa shape index (κ1) is 13.0. The van der Waals surface area contributed by atoms with Gasteiger partial charge < -0.3 is 21.3 Å². The number of carboxylic acids is 1. The number of nitrogens with one attached hydrogen (secondary N) is 2. The summed E-state index contributed by atoms with van der Waals surface area (Å²) in [6, 6.07) is 6.63. The first-order valence-electron chi connectivity index (χ1n) is 5.10. The zero-order valence-corrected chi connectivity index (χ0v) is 9.18. The van der Waals surface area contributed by atoms with E-state index >= 15 is 0 Å². The monoisotopic (exact) mass is 237 g/mol. The molecule has 1 aromatic rings.